The Bertz CT molecular complexity index is 1290. The van der Waals surface area contributed by atoms with E-state index in [9.17, 15) is 22.8 Å². The third-order valence-electron chi connectivity index (χ3n) is 4.82. The highest BCUT2D eigenvalue weighted by atomic mass is 32.2. The number of nitrogens with zero attached hydrogens (tertiary/aromatic N) is 1. The van der Waals surface area contributed by atoms with E-state index in [-0.39, 0.29) is 35.3 Å². The monoisotopic (exact) mass is 511 g/mol. The number of pyridine rings is 1. The molecule has 0 bridgehead atoms. The first-order valence-corrected chi connectivity index (χ1v) is 12.5. The maximum Gasteiger partial charge on any atom is 0.356 e. The van der Waals surface area contributed by atoms with Crippen LogP contribution >= 0.6 is 0 Å². The summed E-state index contributed by atoms with van der Waals surface area (Å²) in [5.74, 6) is -1.20. The second-order valence-corrected chi connectivity index (χ2v) is 9.12. The van der Waals surface area contributed by atoms with Gasteiger partial charge in [-0.25, -0.2) is 22.9 Å². The Kier molecular flexibility index (Phi) is 9.12. The first kappa shape index (κ1) is 26.4. The molecule has 0 radical (unpaired) electrons. The molecule has 0 aliphatic rings. The van der Waals surface area contributed by atoms with Crippen LogP contribution in [0.15, 0.2) is 77.8 Å². The largest absolute Gasteiger partial charge is 0.484 e. The minimum atomic E-state index is -4.13. The maximum atomic E-state index is 12.6. The van der Waals surface area contributed by atoms with Gasteiger partial charge in [0.2, 0.25) is 0 Å². The van der Waals surface area contributed by atoms with Gasteiger partial charge in [-0.05, 0) is 55.3 Å². The molecular formula is C25H25N3O7S. The number of aromatic nitrogens is 1. The zero-order valence-corrected chi connectivity index (χ0v) is 20.3. The number of esters is 1. The van der Waals surface area contributed by atoms with E-state index in [4.69, 9.17) is 9.47 Å². The minimum absolute atomic E-state index is 0.00626. The van der Waals surface area contributed by atoms with Crippen LogP contribution in [0.1, 0.15) is 33.3 Å². The Morgan fingerprint density at radius 3 is 2.31 bits per heavy atom. The molecule has 0 aliphatic carbocycles. The molecule has 3 aromatic rings. The molecular weight excluding hydrogens is 486 g/mol. The Labute approximate surface area is 208 Å². The molecule has 36 heavy (non-hydrogen) atoms. The zero-order chi connectivity index (χ0) is 26.0. The Balaban J connectivity index is 1.49. The molecule has 0 aliphatic heterocycles. The fourth-order valence-electron chi connectivity index (χ4n) is 2.99. The normalized spacial score (nSPS) is 10.8. The summed E-state index contributed by atoms with van der Waals surface area (Å²) in [7, 11) is -4.13. The Hall–Kier alpha value is -4.25. The predicted octanol–water partition coefficient (Wildman–Crippen LogP) is 2.11. The first-order valence-electron chi connectivity index (χ1n) is 11.0. The topological polar surface area (TPSA) is 141 Å². The van der Waals surface area contributed by atoms with Gasteiger partial charge < -0.3 is 14.8 Å². The lowest BCUT2D eigenvalue weighted by Crippen LogP contribution is -2.31. The number of carbonyl (C=O) groups is 3. The van der Waals surface area contributed by atoms with E-state index >= 15 is 0 Å². The van der Waals surface area contributed by atoms with Crippen LogP contribution in [0.2, 0.25) is 0 Å². The minimum Gasteiger partial charge on any atom is -0.484 e. The highest BCUT2D eigenvalue weighted by molar-refractivity contribution is 7.90. The van der Waals surface area contributed by atoms with Gasteiger partial charge >= 0.3 is 5.97 Å². The van der Waals surface area contributed by atoms with Crippen molar-refractivity contribution in [2.45, 2.75) is 18.2 Å². The first-order chi connectivity index (χ1) is 17.3. The van der Waals surface area contributed by atoms with Crippen molar-refractivity contribution in [2.75, 3.05) is 19.8 Å². The van der Waals surface area contributed by atoms with Crippen LogP contribution in [0.4, 0.5) is 0 Å². The molecule has 1 heterocycles. The number of benzene rings is 2. The van der Waals surface area contributed by atoms with Crippen LogP contribution < -0.4 is 14.8 Å². The number of nitrogens with one attached hydrogen (secondary N) is 2. The van der Waals surface area contributed by atoms with E-state index in [1.54, 1.807) is 31.2 Å². The summed E-state index contributed by atoms with van der Waals surface area (Å²) in [6.07, 6.45) is 1.57. The van der Waals surface area contributed by atoms with Crippen molar-refractivity contribution in [3.05, 3.63) is 89.7 Å². The second kappa shape index (κ2) is 12.5. The van der Waals surface area contributed by atoms with E-state index in [0.29, 0.717) is 18.7 Å². The highest BCUT2D eigenvalue weighted by Gasteiger charge is 2.19. The van der Waals surface area contributed by atoms with Crippen molar-refractivity contribution in [1.82, 2.24) is 15.0 Å². The van der Waals surface area contributed by atoms with Gasteiger partial charge in [0.05, 0.1) is 17.1 Å². The number of rotatable bonds is 11. The van der Waals surface area contributed by atoms with E-state index in [2.05, 4.69) is 10.3 Å². The number of hydrogen-bond donors (Lipinski definition) is 2. The standard InChI is InChI=1S/C25H25N3O7S/c1-2-34-25(31)22-13-10-19(16-27-22)24(30)28-36(32,33)21-11-8-18(9-12-21)14-15-26-23(29)17-35-20-6-4-3-5-7-20/h3-13,16H,2,14-15,17H2,1H3,(H,26,29)(H,28,30). The van der Waals surface area contributed by atoms with Crippen molar-refractivity contribution in [2.24, 2.45) is 0 Å². The second-order valence-electron chi connectivity index (χ2n) is 7.43. The molecule has 0 spiro atoms. The number of para-hydroxylation sites is 1. The summed E-state index contributed by atoms with van der Waals surface area (Å²) in [5.41, 5.74) is 0.769. The molecule has 0 saturated heterocycles. The number of ether oxygens (including phenoxy) is 2. The van der Waals surface area contributed by atoms with Gasteiger partial charge in [0.1, 0.15) is 11.4 Å². The average Bonchev–Trinajstić information content (AvgIpc) is 2.88. The van der Waals surface area contributed by atoms with Gasteiger partial charge in [0.25, 0.3) is 21.8 Å². The van der Waals surface area contributed by atoms with Gasteiger partial charge in [-0.2, -0.15) is 0 Å². The quantitative estimate of drug-likeness (QED) is 0.373. The molecule has 10 nitrogen and oxygen atoms in total. The molecule has 0 atom stereocenters. The molecule has 11 heteroatoms. The molecule has 188 valence electrons. The predicted molar refractivity (Wildman–Crippen MR) is 130 cm³/mol. The highest BCUT2D eigenvalue weighted by Crippen LogP contribution is 2.12. The van der Waals surface area contributed by atoms with Gasteiger partial charge in [0, 0.05) is 12.7 Å². The van der Waals surface area contributed by atoms with Crippen LogP contribution in [0.3, 0.4) is 0 Å². The smallest absolute Gasteiger partial charge is 0.356 e. The molecule has 0 unspecified atom stereocenters. The lowest BCUT2D eigenvalue weighted by Gasteiger charge is -2.09. The molecule has 0 saturated carbocycles. The summed E-state index contributed by atoms with van der Waals surface area (Å²) in [6, 6.07) is 17.5. The maximum absolute atomic E-state index is 12.6. The molecule has 1 aromatic heterocycles. The lowest BCUT2D eigenvalue weighted by molar-refractivity contribution is -0.123. The van der Waals surface area contributed by atoms with E-state index in [0.717, 1.165) is 11.8 Å². The van der Waals surface area contributed by atoms with Gasteiger partial charge in [-0.1, -0.05) is 30.3 Å². The summed E-state index contributed by atoms with van der Waals surface area (Å²) in [4.78, 5) is 39.6. The van der Waals surface area contributed by atoms with Gasteiger partial charge in [-0.15, -0.1) is 0 Å². The summed E-state index contributed by atoms with van der Waals surface area (Å²) >= 11 is 0. The molecule has 2 aromatic carbocycles. The fraction of sp³-hybridized carbons (Fsp3) is 0.200. The molecule has 2 N–H and O–H groups in total. The Morgan fingerprint density at radius 1 is 0.944 bits per heavy atom. The van der Waals surface area contributed by atoms with Gasteiger partial charge in [-0.3, -0.25) is 9.59 Å². The summed E-state index contributed by atoms with van der Waals surface area (Å²) in [5, 5.41) is 2.73. The van der Waals surface area contributed by atoms with Crippen molar-refractivity contribution < 1.29 is 32.3 Å². The molecule has 2 amide bonds. The number of carbonyl (C=O) groups excluding carboxylic acids is 3. The van der Waals surface area contributed by atoms with E-state index in [1.807, 2.05) is 22.9 Å². The van der Waals surface area contributed by atoms with Crippen molar-refractivity contribution in [1.29, 1.82) is 0 Å². The summed E-state index contributed by atoms with van der Waals surface area (Å²) < 4.78 is 37.3. The molecule has 3 rings (SSSR count). The average molecular weight is 512 g/mol. The summed E-state index contributed by atoms with van der Waals surface area (Å²) in [6.45, 7) is 2.06. The van der Waals surface area contributed by atoms with E-state index in [1.165, 1.54) is 24.3 Å². The number of amides is 2. The van der Waals surface area contributed by atoms with Crippen molar-refractivity contribution >= 4 is 27.8 Å². The van der Waals surface area contributed by atoms with Crippen LogP contribution in [0.5, 0.6) is 5.75 Å². The van der Waals surface area contributed by atoms with Crippen LogP contribution in [-0.2, 0) is 26.0 Å². The Morgan fingerprint density at radius 2 is 1.67 bits per heavy atom. The van der Waals surface area contributed by atoms with Crippen molar-refractivity contribution in [3.8, 4) is 5.75 Å². The van der Waals surface area contributed by atoms with Crippen molar-refractivity contribution in [3.63, 3.8) is 0 Å². The lowest BCUT2D eigenvalue weighted by atomic mass is 10.1. The third-order valence-corrected chi connectivity index (χ3v) is 6.17. The number of hydrogen-bond acceptors (Lipinski definition) is 8. The number of sulfonamides is 1. The van der Waals surface area contributed by atoms with E-state index < -0.39 is 21.9 Å². The fourth-order valence-corrected chi connectivity index (χ4v) is 3.97. The zero-order valence-electron chi connectivity index (χ0n) is 19.5. The van der Waals surface area contributed by atoms with Crippen LogP contribution in [-0.4, -0.2) is 50.9 Å². The van der Waals surface area contributed by atoms with Gasteiger partial charge in [0.15, 0.2) is 6.61 Å². The molecule has 0 fully saturated rings. The van der Waals surface area contributed by atoms with Crippen LogP contribution in [0.25, 0.3) is 0 Å². The SMILES string of the molecule is CCOC(=O)c1ccc(C(=O)NS(=O)(=O)c2ccc(CCNC(=O)COc3ccccc3)cc2)cn1. The van der Waals surface area contributed by atoms with Crippen LogP contribution in [0, 0.1) is 0 Å². The third kappa shape index (κ3) is 7.64.